The molecule has 1 saturated heterocycles. The van der Waals surface area contributed by atoms with Gasteiger partial charge in [0.15, 0.2) is 0 Å². The fourth-order valence-electron chi connectivity index (χ4n) is 4.99. The zero-order valence-corrected chi connectivity index (χ0v) is 29.3. The molecule has 0 saturated carbocycles. The van der Waals surface area contributed by atoms with E-state index in [0.717, 1.165) is 23.8 Å². The van der Waals surface area contributed by atoms with E-state index in [9.17, 15) is 38.4 Å². The SMILES string of the molecule is COC(=O)/C(=C\c1ccc(CN)cc1)NC(=O)CNC(=O)C[C@@H]1NC(=O)[C@@H](CC(=O)NCC(=O)NC(CCc2ccc(CN)cc2)C(=O)OC)NC1=O. The Balaban J connectivity index is 1.42. The number of amides is 6. The molecule has 1 heterocycles. The van der Waals surface area contributed by atoms with Crippen molar-refractivity contribution in [2.75, 3.05) is 27.3 Å². The monoisotopic (exact) mass is 736 g/mol. The molecule has 1 unspecified atom stereocenters. The second kappa shape index (κ2) is 20.6. The highest BCUT2D eigenvalue weighted by Gasteiger charge is 2.36. The number of piperazine rings is 1. The van der Waals surface area contributed by atoms with Gasteiger partial charge in [0, 0.05) is 13.1 Å². The van der Waals surface area contributed by atoms with E-state index < -0.39 is 91.4 Å². The van der Waals surface area contributed by atoms with E-state index in [1.165, 1.54) is 13.2 Å². The first-order chi connectivity index (χ1) is 25.3. The van der Waals surface area contributed by atoms with Gasteiger partial charge < -0.3 is 52.8 Å². The molecule has 0 spiro atoms. The second-order valence-corrected chi connectivity index (χ2v) is 11.8. The third-order valence-corrected chi connectivity index (χ3v) is 7.94. The number of ether oxygens (including phenoxy) is 2. The molecule has 2 aromatic rings. The first-order valence-corrected chi connectivity index (χ1v) is 16.5. The molecule has 284 valence electrons. The van der Waals surface area contributed by atoms with Crippen molar-refractivity contribution in [1.29, 1.82) is 0 Å². The molecule has 3 atom stereocenters. The van der Waals surface area contributed by atoms with Gasteiger partial charge in [0.25, 0.3) is 0 Å². The van der Waals surface area contributed by atoms with Gasteiger partial charge in [-0.05, 0) is 41.2 Å². The lowest BCUT2D eigenvalue weighted by Gasteiger charge is -2.29. The maximum absolute atomic E-state index is 12.7. The predicted octanol–water partition coefficient (Wildman–Crippen LogP) is -2.48. The molecule has 2 aromatic carbocycles. The molecule has 0 radical (unpaired) electrons. The number of methoxy groups -OCH3 is 2. The van der Waals surface area contributed by atoms with E-state index in [-0.39, 0.29) is 12.1 Å². The summed E-state index contributed by atoms with van der Waals surface area (Å²) in [6, 6.07) is 10.8. The number of nitrogens with two attached hydrogens (primary N) is 2. The molecule has 0 aliphatic carbocycles. The zero-order valence-electron chi connectivity index (χ0n) is 29.3. The summed E-state index contributed by atoms with van der Waals surface area (Å²) in [5.74, 6) is -5.96. The van der Waals surface area contributed by atoms with E-state index in [1.807, 2.05) is 24.3 Å². The van der Waals surface area contributed by atoms with Crippen molar-refractivity contribution in [3.8, 4) is 0 Å². The Hall–Kier alpha value is -6.14. The van der Waals surface area contributed by atoms with Crippen LogP contribution in [0.1, 0.15) is 41.5 Å². The van der Waals surface area contributed by atoms with E-state index in [4.69, 9.17) is 20.9 Å². The van der Waals surface area contributed by atoms with Crippen molar-refractivity contribution in [1.82, 2.24) is 31.9 Å². The van der Waals surface area contributed by atoms with Crippen LogP contribution in [0.15, 0.2) is 54.2 Å². The molecule has 1 fully saturated rings. The standard InChI is InChI=1S/C35H44N8O10/c1-52-34(50)24(12-11-20-3-7-22(16-36)8-4-20)40-30(46)18-38-28(44)14-25-32(48)43-26(33(49)42-25)15-29(45)39-19-31(47)41-27(35(51)53-2)13-21-5-9-23(17-37)10-6-21/h3-10,13,24-26H,11-12,14-19,36-37H2,1-2H3,(H,38,44)(H,39,45)(H,40,46)(H,41,47)(H,42,49)(H,43,48)/b27-13+/t24?,25-,26+/m1/s1. The van der Waals surface area contributed by atoms with E-state index >= 15 is 0 Å². The molecule has 6 amide bonds. The summed E-state index contributed by atoms with van der Waals surface area (Å²) in [6.45, 7) is -0.370. The predicted molar refractivity (Wildman–Crippen MR) is 188 cm³/mol. The van der Waals surface area contributed by atoms with Gasteiger partial charge in [-0.25, -0.2) is 9.59 Å². The minimum Gasteiger partial charge on any atom is -0.467 e. The lowest BCUT2D eigenvalue weighted by molar-refractivity contribution is -0.145. The van der Waals surface area contributed by atoms with Crippen molar-refractivity contribution < 1.29 is 47.8 Å². The van der Waals surface area contributed by atoms with Gasteiger partial charge in [-0.2, -0.15) is 0 Å². The van der Waals surface area contributed by atoms with Gasteiger partial charge in [0.1, 0.15) is 23.8 Å². The molecule has 10 N–H and O–H groups in total. The van der Waals surface area contributed by atoms with Crippen LogP contribution in [-0.2, 0) is 67.3 Å². The quantitative estimate of drug-likeness (QED) is 0.0584. The highest BCUT2D eigenvalue weighted by molar-refractivity contribution is 6.02. The number of rotatable bonds is 18. The van der Waals surface area contributed by atoms with Gasteiger partial charge in [-0.3, -0.25) is 28.8 Å². The average molecular weight is 737 g/mol. The number of hydrogen-bond donors (Lipinski definition) is 8. The molecule has 0 bridgehead atoms. The summed E-state index contributed by atoms with van der Waals surface area (Å²) in [6.07, 6.45) is 1.02. The number of nitrogens with one attached hydrogen (secondary N) is 6. The average Bonchev–Trinajstić information content (AvgIpc) is 3.16. The summed E-state index contributed by atoms with van der Waals surface area (Å²) in [5.41, 5.74) is 14.3. The molecule has 18 heteroatoms. The van der Waals surface area contributed by atoms with Crippen molar-refractivity contribution in [2.24, 2.45) is 11.5 Å². The molecular formula is C35H44N8O10. The lowest BCUT2D eigenvalue weighted by Crippen LogP contribution is -2.63. The Labute approximate surface area is 305 Å². The molecule has 18 nitrogen and oxygen atoms in total. The van der Waals surface area contributed by atoms with Crippen LogP contribution in [0, 0.1) is 0 Å². The highest BCUT2D eigenvalue weighted by atomic mass is 16.5. The Morgan fingerprint density at radius 3 is 1.70 bits per heavy atom. The van der Waals surface area contributed by atoms with Gasteiger partial charge in [0.2, 0.25) is 35.4 Å². The molecule has 3 rings (SSSR count). The van der Waals surface area contributed by atoms with Crippen LogP contribution in [0.3, 0.4) is 0 Å². The van der Waals surface area contributed by atoms with Crippen molar-refractivity contribution in [3.63, 3.8) is 0 Å². The molecule has 0 aromatic heterocycles. The smallest absolute Gasteiger partial charge is 0.354 e. The summed E-state index contributed by atoms with van der Waals surface area (Å²) < 4.78 is 9.50. The van der Waals surface area contributed by atoms with Crippen LogP contribution in [0.5, 0.6) is 0 Å². The zero-order chi connectivity index (χ0) is 38.9. The molecule has 1 aliphatic heterocycles. The van der Waals surface area contributed by atoms with Gasteiger partial charge >= 0.3 is 11.9 Å². The first kappa shape index (κ1) is 41.3. The van der Waals surface area contributed by atoms with Crippen LogP contribution < -0.4 is 43.4 Å². The van der Waals surface area contributed by atoms with Crippen LogP contribution in [0.25, 0.3) is 6.08 Å². The molecular weight excluding hydrogens is 692 g/mol. The van der Waals surface area contributed by atoms with Gasteiger partial charge in [-0.1, -0.05) is 48.5 Å². The number of carbonyl (C=O) groups excluding carboxylic acids is 8. The third-order valence-electron chi connectivity index (χ3n) is 7.94. The highest BCUT2D eigenvalue weighted by Crippen LogP contribution is 2.11. The number of benzene rings is 2. The fourth-order valence-corrected chi connectivity index (χ4v) is 4.99. The van der Waals surface area contributed by atoms with Crippen LogP contribution in [0.4, 0.5) is 0 Å². The second-order valence-electron chi connectivity index (χ2n) is 11.8. The Bertz CT molecular complexity index is 1700. The topological polar surface area (TPSA) is 279 Å². The summed E-state index contributed by atoms with van der Waals surface area (Å²) >= 11 is 0. The van der Waals surface area contributed by atoms with Crippen LogP contribution in [-0.4, -0.2) is 92.8 Å². The number of hydrogen-bond acceptors (Lipinski definition) is 12. The maximum atomic E-state index is 12.7. The first-order valence-electron chi connectivity index (χ1n) is 16.5. The third kappa shape index (κ3) is 13.5. The van der Waals surface area contributed by atoms with Crippen LogP contribution >= 0.6 is 0 Å². The Morgan fingerprint density at radius 2 is 1.21 bits per heavy atom. The lowest BCUT2D eigenvalue weighted by atomic mass is 10.0. The normalized spacial score (nSPS) is 15.9. The Morgan fingerprint density at radius 1 is 0.717 bits per heavy atom. The van der Waals surface area contributed by atoms with Crippen molar-refractivity contribution in [2.45, 2.75) is 56.9 Å². The van der Waals surface area contributed by atoms with Crippen molar-refractivity contribution >= 4 is 53.5 Å². The van der Waals surface area contributed by atoms with Gasteiger partial charge in [-0.15, -0.1) is 0 Å². The van der Waals surface area contributed by atoms with Crippen LogP contribution in [0.2, 0.25) is 0 Å². The maximum Gasteiger partial charge on any atom is 0.354 e. The molecule has 53 heavy (non-hydrogen) atoms. The summed E-state index contributed by atoms with van der Waals surface area (Å²) in [7, 11) is 2.32. The van der Waals surface area contributed by atoms with E-state index in [2.05, 4.69) is 31.9 Å². The Kier molecular flexibility index (Phi) is 16.1. The summed E-state index contributed by atoms with van der Waals surface area (Å²) in [5, 5.41) is 14.3. The minimum absolute atomic E-state index is 0.187. The number of esters is 2. The summed E-state index contributed by atoms with van der Waals surface area (Å²) in [4.78, 5) is 99.8. The number of aryl methyl sites for hydroxylation is 1. The van der Waals surface area contributed by atoms with Gasteiger partial charge in [0.05, 0.1) is 40.2 Å². The minimum atomic E-state index is -1.30. The van der Waals surface area contributed by atoms with E-state index in [0.29, 0.717) is 25.1 Å². The molecule has 1 aliphatic rings. The van der Waals surface area contributed by atoms with E-state index in [1.54, 1.807) is 24.3 Å². The largest absolute Gasteiger partial charge is 0.467 e. The number of carbonyl (C=O) groups is 8. The fraction of sp³-hybridized carbons (Fsp3) is 0.371. The van der Waals surface area contributed by atoms with Crippen molar-refractivity contribution in [3.05, 3.63) is 76.5 Å².